The fourth-order valence-electron chi connectivity index (χ4n) is 4.02. The van der Waals surface area contributed by atoms with Crippen LogP contribution in [0, 0.1) is 5.92 Å². The van der Waals surface area contributed by atoms with Gasteiger partial charge in [-0.05, 0) is 36.8 Å². The van der Waals surface area contributed by atoms with Crippen LogP contribution in [0.2, 0.25) is 5.02 Å². The average molecular weight is 499 g/mol. The van der Waals surface area contributed by atoms with Crippen LogP contribution in [-0.4, -0.2) is 19.7 Å². The molecule has 5 rings (SSSR count). The third-order valence-corrected chi connectivity index (χ3v) is 8.98. The van der Waals surface area contributed by atoms with Crippen molar-refractivity contribution in [2.75, 3.05) is 0 Å². The first-order valence-electron chi connectivity index (χ1n) is 10.6. The number of allylic oxidation sites excluding steroid dienone is 1. The number of hydrogen-bond donors (Lipinski definition) is 0. The molecule has 0 spiro atoms. The molecule has 164 valence electrons. The predicted octanol–water partition coefficient (Wildman–Crippen LogP) is 7.39. The Morgan fingerprint density at radius 2 is 2.09 bits per heavy atom. The molecule has 1 aliphatic rings. The van der Waals surface area contributed by atoms with Crippen molar-refractivity contribution in [3.8, 4) is 22.0 Å². The summed E-state index contributed by atoms with van der Waals surface area (Å²) < 4.78 is 2.18. The molecule has 3 aromatic heterocycles. The maximum absolute atomic E-state index is 6.34. The molecule has 0 saturated carbocycles. The molecule has 1 unspecified atom stereocenters. The molecule has 1 aromatic carbocycles. The van der Waals surface area contributed by atoms with Gasteiger partial charge in [-0.2, -0.15) is 0 Å². The number of thioether (sulfide) groups is 1. The highest BCUT2D eigenvalue weighted by molar-refractivity contribution is 7.98. The van der Waals surface area contributed by atoms with Gasteiger partial charge < -0.3 is 0 Å². The number of aromatic nitrogens is 4. The number of nitrogens with zero attached hydrogens (tertiary/aromatic N) is 4. The standard InChI is InChI=1S/C24H23ClN4S3/c1-3-10-29-22(19-14-30-21-11-15(2)8-9-17(19)21)27-28-24(29)32-13-16-12-31-23(26-16)18-6-4-5-7-20(18)25/h3-7,12,14-15H,1,8-11,13H2,2H3. The minimum Gasteiger partial charge on any atom is -0.298 e. The van der Waals surface area contributed by atoms with Crippen LogP contribution in [-0.2, 0) is 25.1 Å². The molecule has 0 aliphatic heterocycles. The molecular weight excluding hydrogens is 476 g/mol. The van der Waals surface area contributed by atoms with E-state index in [-0.39, 0.29) is 0 Å². The van der Waals surface area contributed by atoms with Crippen molar-refractivity contribution in [2.24, 2.45) is 5.92 Å². The predicted molar refractivity (Wildman–Crippen MR) is 137 cm³/mol. The first-order valence-corrected chi connectivity index (χ1v) is 13.7. The quantitative estimate of drug-likeness (QED) is 0.197. The van der Waals surface area contributed by atoms with Crippen LogP contribution in [0.15, 0.2) is 52.8 Å². The monoisotopic (exact) mass is 498 g/mol. The minimum atomic E-state index is 0.688. The first kappa shape index (κ1) is 21.9. The smallest absolute Gasteiger partial charge is 0.192 e. The van der Waals surface area contributed by atoms with Crippen molar-refractivity contribution in [3.05, 3.63) is 68.8 Å². The van der Waals surface area contributed by atoms with Gasteiger partial charge in [-0.3, -0.25) is 4.57 Å². The molecule has 4 aromatic rings. The Labute approximate surface area is 205 Å². The van der Waals surface area contributed by atoms with Gasteiger partial charge in [0.1, 0.15) is 5.01 Å². The number of benzene rings is 1. The maximum atomic E-state index is 6.34. The minimum absolute atomic E-state index is 0.688. The van der Waals surface area contributed by atoms with E-state index < -0.39 is 0 Å². The number of hydrogen-bond acceptors (Lipinski definition) is 6. The molecule has 0 amide bonds. The number of thiazole rings is 1. The van der Waals surface area contributed by atoms with Crippen molar-refractivity contribution in [1.29, 1.82) is 0 Å². The summed E-state index contributed by atoms with van der Waals surface area (Å²) >= 11 is 11.5. The van der Waals surface area contributed by atoms with Gasteiger partial charge in [0.05, 0.1) is 10.7 Å². The van der Waals surface area contributed by atoms with E-state index in [0.717, 1.165) is 50.4 Å². The van der Waals surface area contributed by atoms with Crippen LogP contribution in [0.3, 0.4) is 0 Å². The van der Waals surface area contributed by atoms with Gasteiger partial charge in [0.2, 0.25) is 0 Å². The zero-order valence-electron chi connectivity index (χ0n) is 17.8. The van der Waals surface area contributed by atoms with Gasteiger partial charge in [0.15, 0.2) is 11.0 Å². The third-order valence-electron chi connectivity index (χ3n) is 5.68. The summed E-state index contributed by atoms with van der Waals surface area (Å²) in [6.07, 6.45) is 5.46. The summed E-state index contributed by atoms with van der Waals surface area (Å²) in [5, 5.41) is 16.1. The molecule has 3 heterocycles. The lowest BCUT2D eigenvalue weighted by atomic mass is 9.88. The molecule has 0 N–H and O–H groups in total. The van der Waals surface area contributed by atoms with Gasteiger partial charge in [-0.15, -0.1) is 39.4 Å². The van der Waals surface area contributed by atoms with Gasteiger partial charge >= 0.3 is 0 Å². The Bertz CT molecular complexity index is 1260. The van der Waals surface area contributed by atoms with Crippen LogP contribution < -0.4 is 0 Å². The summed E-state index contributed by atoms with van der Waals surface area (Å²) in [6, 6.07) is 7.83. The average Bonchev–Trinajstić information content (AvgIpc) is 3.51. The Kier molecular flexibility index (Phi) is 6.51. The fourth-order valence-corrected chi connectivity index (χ4v) is 7.35. The zero-order chi connectivity index (χ0) is 22.1. The molecular formula is C24H23ClN4S3. The molecule has 32 heavy (non-hydrogen) atoms. The number of halogens is 1. The summed E-state index contributed by atoms with van der Waals surface area (Å²) in [7, 11) is 0. The molecule has 8 heteroatoms. The Morgan fingerprint density at radius 3 is 2.94 bits per heavy atom. The molecule has 4 nitrogen and oxygen atoms in total. The number of rotatable bonds is 7. The lowest BCUT2D eigenvalue weighted by molar-refractivity contribution is 0.508. The zero-order valence-corrected chi connectivity index (χ0v) is 21.0. The fraction of sp³-hybridized carbons (Fsp3) is 0.292. The SMILES string of the molecule is C=CCn1c(SCc2csc(-c3ccccc3Cl)n2)nnc1-c1csc2c1CCC(C)C2. The second-order valence-electron chi connectivity index (χ2n) is 8.02. The van der Waals surface area contributed by atoms with Crippen LogP contribution in [0.25, 0.3) is 22.0 Å². The third kappa shape index (κ3) is 4.31. The number of fused-ring (bicyclic) bond motifs is 1. The van der Waals surface area contributed by atoms with Crippen LogP contribution in [0.4, 0.5) is 0 Å². The summed E-state index contributed by atoms with van der Waals surface area (Å²) in [5.41, 5.74) is 4.70. The van der Waals surface area contributed by atoms with E-state index in [0.29, 0.717) is 6.54 Å². The topological polar surface area (TPSA) is 43.6 Å². The van der Waals surface area contributed by atoms with Gasteiger partial charge in [-0.1, -0.05) is 54.6 Å². The Morgan fingerprint density at radius 1 is 1.22 bits per heavy atom. The number of thiophene rings is 1. The van der Waals surface area contributed by atoms with Crippen molar-refractivity contribution >= 4 is 46.0 Å². The molecule has 0 radical (unpaired) electrons. The van der Waals surface area contributed by atoms with Crippen LogP contribution in [0.1, 0.15) is 29.5 Å². The largest absolute Gasteiger partial charge is 0.298 e. The Balaban J connectivity index is 1.37. The van der Waals surface area contributed by atoms with Gasteiger partial charge in [0.25, 0.3) is 0 Å². The maximum Gasteiger partial charge on any atom is 0.192 e. The van der Waals surface area contributed by atoms with E-state index in [4.69, 9.17) is 16.6 Å². The van der Waals surface area contributed by atoms with Crippen molar-refractivity contribution < 1.29 is 0 Å². The summed E-state index contributed by atoms with van der Waals surface area (Å²) in [4.78, 5) is 6.30. The molecule has 1 atom stereocenters. The molecule has 0 fully saturated rings. The second kappa shape index (κ2) is 9.51. The molecule has 1 aliphatic carbocycles. The van der Waals surface area contributed by atoms with E-state index in [1.165, 1.54) is 28.8 Å². The summed E-state index contributed by atoms with van der Waals surface area (Å²) in [5.74, 6) is 2.45. The highest BCUT2D eigenvalue weighted by atomic mass is 35.5. The van der Waals surface area contributed by atoms with Gasteiger partial charge in [-0.25, -0.2) is 4.98 Å². The normalized spacial score (nSPS) is 15.6. The van der Waals surface area contributed by atoms with E-state index in [1.54, 1.807) is 23.1 Å². The van der Waals surface area contributed by atoms with E-state index in [9.17, 15) is 0 Å². The lowest BCUT2D eigenvalue weighted by Gasteiger charge is -2.19. The summed E-state index contributed by atoms with van der Waals surface area (Å²) in [6.45, 7) is 6.98. The van der Waals surface area contributed by atoms with E-state index >= 15 is 0 Å². The van der Waals surface area contributed by atoms with Crippen molar-refractivity contribution in [3.63, 3.8) is 0 Å². The van der Waals surface area contributed by atoms with Crippen molar-refractivity contribution in [2.45, 2.75) is 43.6 Å². The molecule has 0 bridgehead atoms. The first-order chi connectivity index (χ1) is 15.6. The van der Waals surface area contributed by atoms with Crippen LogP contribution >= 0.6 is 46.0 Å². The molecule has 0 saturated heterocycles. The van der Waals surface area contributed by atoms with Gasteiger partial charge in [0, 0.05) is 39.1 Å². The van der Waals surface area contributed by atoms with E-state index in [2.05, 4.69) is 39.0 Å². The highest BCUT2D eigenvalue weighted by Crippen LogP contribution is 2.39. The Hall–Kier alpha value is -1.93. The van der Waals surface area contributed by atoms with Crippen molar-refractivity contribution in [1.82, 2.24) is 19.7 Å². The lowest BCUT2D eigenvalue weighted by Crippen LogP contribution is -2.10. The van der Waals surface area contributed by atoms with E-state index in [1.807, 2.05) is 41.7 Å². The second-order valence-corrected chi connectivity index (χ2v) is 11.2. The highest BCUT2D eigenvalue weighted by Gasteiger charge is 2.24. The van der Waals surface area contributed by atoms with Crippen LogP contribution in [0.5, 0.6) is 0 Å².